The van der Waals surface area contributed by atoms with Crippen LogP contribution in [0.5, 0.6) is 0 Å². The molecule has 0 aromatic heterocycles. The summed E-state index contributed by atoms with van der Waals surface area (Å²) in [4.78, 5) is 72.8. The van der Waals surface area contributed by atoms with E-state index in [4.69, 9.17) is 14.2 Å². The van der Waals surface area contributed by atoms with Gasteiger partial charge in [0, 0.05) is 52.6 Å². The van der Waals surface area contributed by atoms with Crippen LogP contribution in [-0.4, -0.2) is 119 Å². The van der Waals surface area contributed by atoms with E-state index in [-0.39, 0.29) is 90.9 Å². The standard InChI is InChI=1S/C53H85NO11/c1-32-16-12-11-13-17-33(2)46(63-8)28-40-20-19-38(7)53(62,31-40)51(60)52(61)54-23-15-14-18-42(54)45(57)30-41(34(3)26-39-21-22-43(55)47(27-39)64-9)29-44(56)35(4)25-37(6)49(59)50(65-10)48(58)36(5)24-32/h11-13,16-17,32,34-43,46-47,49-50,55,59,62H,14-15,18-31H2,1-10H3/b13-11+,16-12+,33-17+/t32-,34-,35-,36+,37-,38+,39?,40+,41-,42-,43+,46?,47?,49+,50?,53-/m0/s1. The minimum absolute atomic E-state index is 0.0401. The third-order valence-electron chi connectivity index (χ3n) is 16.0. The number of hydrogen-bond donors (Lipinski definition) is 3. The first-order chi connectivity index (χ1) is 30.7. The van der Waals surface area contributed by atoms with Crippen LogP contribution in [0.15, 0.2) is 36.0 Å². The van der Waals surface area contributed by atoms with Crippen molar-refractivity contribution in [3.63, 3.8) is 0 Å². The maximum atomic E-state index is 14.6. The molecule has 0 aromatic carbocycles. The fourth-order valence-corrected chi connectivity index (χ4v) is 11.5. The first-order valence-electron chi connectivity index (χ1n) is 24.9. The summed E-state index contributed by atoms with van der Waals surface area (Å²) in [5, 5.41) is 34.2. The minimum atomic E-state index is -1.88. The van der Waals surface area contributed by atoms with E-state index in [1.165, 1.54) is 12.0 Å². The Balaban J connectivity index is 1.68. The highest BCUT2D eigenvalue weighted by atomic mass is 16.5. The van der Waals surface area contributed by atoms with Crippen LogP contribution in [0.4, 0.5) is 0 Å². The van der Waals surface area contributed by atoms with Gasteiger partial charge < -0.3 is 34.4 Å². The Labute approximate surface area is 390 Å². The van der Waals surface area contributed by atoms with Crippen LogP contribution in [0.1, 0.15) is 145 Å². The highest BCUT2D eigenvalue weighted by molar-refractivity contribution is 6.39. The summed E-state index contributed by atoms with van der Waals surface area (Å²) in [6, 6.07) is -0.850. The van der Waals surface area contributed by atoms with Crippen LogP contribution in [0.25, 0.3) is 0 Å². The summed E-state index contributed by atoms with van der Waals surface area (Å²) >= 11 is 0. The summed E-state index contributed by atoms with van der Waals surface area (Å²) in [6.45, 7) is 13.7. The number of fused-ring (bicyclic) bond motifs is 3. The van der Waals surface area contributed by atoms with Gasteiger partial charge in [-0.2, -0.15) is 0 Å². The molecule has 65 heavy (non-hydrogen) atoms. The number of aliphatic hydroxyl groups excluding tert-OH is 2. The third kappa shape index (κ3) is 14.6. The number of methoxy groups -OCH3 is 3. The predicted molar refractivity (Wildman–Crippen MR) is 252 cm³/mol. The zero-order valence-electron chi connectivity index (χ0n) is 41.4. The Morgan fingerprint density at radius 1 is 0.785 bits per heavy atom. The topological polar surface area (TPSA) is 177 Å². The fraction of sp³-hybridized carbons (Fsp3) is 0.792. The molecule has 1 amide bonds. The molecule has 16 atom stereocenters. The van der Waals surface area contributed by atoms with Crippen LogP contribution < -0.4 is 0 Å². The Hall–Kier alpha value is -2.87. The summed E-state index contributed by atoms with van der Waals surface area (Å²) in [7, 11) is 4.68. The number of aliphatic hydroxyl groups is 3. The van der Waals surface area contributed by atoms with Crippen molar-refractivity contribution in [1.82, 2.24) is 4.90 Å². The molecule has 2 saturated carbocycles. The van der Waals surface area contributed by atoms with Crippen molar-refractivity contribution in [2.75, 3.05) is 27.9 Å². The molecule has 4 rings (SSSR count). The number of amides is 1. The van der Waals surface area contributed by atoms with Gasteiger partial charge in [0.15, 0.2) is 11.6 Å². The number of hydrogen-bond acceptors (Lipinski definition) is 11. The molecule has 4 aliphatic rings. The number of nitrogens with zero attached hydrogens (tertiary/aromatic N) is 1. The quantitative estimate of drug-likeness (QED) is 0.224. The van der Waals surface area contributed by atoms with Crippen molar-refractivity contribution in [2.45, 2.75) is 187 Å². The molecule has 0 radical (unpaired) electrons. The lowest BCUT2D eigenvalue weighted by Crippen LogP contribution is -2.59. The normalized spacial score (nSPS) is 41.0. The van der Waals surface area contributed by atoms with Gasteiger partial charge in [0.1, 0.15) is 17.5 Å². The number of ether oxygens (including phenoxy) is 3. The average Bonchev–Trinajstić information content (AvgIpc) is 3.28. The number of Topliss-reactive ketones (excluding diaryl/α,β-unsaturated/α-hetero) is 4. The summed E-state index contributed by atoms with van der Waals surface area (Å²) in [5.74, 6) is -4.11. The van der Waals surface area contributed by atoms with Crippen molar-refractivity contribution in [1.29, 1.82) is 0 Å². The number of carbonyl (C=O) groups excluding carboxylic acids is 5. The molecule has 0 aromatic rings. The number of piperidine rings is 1. The second-order valence-corrected chi connectivity index (χ2v) is 21.1. The smallest absolute Gasteiger partial charge is 0.293 e. The molecule has 3 fully saturated rings. The van der Waals surface area contributed by atoms with Crippen LogP contribution in [0.3, 0.4) is 0 Å². The van der Waals surface area contributed by atoms with E-state index >= 15 is 0 Å². The van der Waals surface area contributed by atoms with Crippen molar-refractivity contribution >= 4 is 29.0 Å². The first kappa shape index (κ1) is 54.7. The van der Waals surface area contributed by atoms with Gasteiger partial charge in [-0.1, -0.05) is 71.9 Å². The zero-order valence-corrected chi connectivity index (χ0v) is 41.4. The van der Waals surface area contributed by atoms with Gasteiger partial charge in [-0.05, 0) is 137 Å². The Morgan fingerprint density at radius 2 is 1.49 bits per heavy atom. The van der Waals surface area contributed by atoms with Crippen molar-refractivity contribution in [2.24, 2.45) is 53.3 Å². The molecule has 2 bridgehead atoms. The van der Waals surface area contributed by atoms with E-state index in [0.717, 1.165) is 24.8 Å². The first-order valence-corrected chi connectivity index (χ1v) is 24.9. The summed E-state index contributed by atoms with van der Waals surface area (Å²) in [5.41, 5.74) is -0.904. The summed E-state index contributed by atoms with van der Waals surface area (Å²) in [6.07, 6.45) is 14.1. The second kappa shape index (κ2) is 25.5. The molecular weight excluding hydrogens is 827 g/mol. The Kier molecular flexibility index (Phi) is 21.5. The minimum Gasteiger partial charge on any atom is -0.390 e. The van der Waals surface area contributed by atoms with Gasteiger partial charge in [-0.15, -0.1) is 0 Å². The Bertz CT molecular complexity index is 1690. The van der Waals surface area contributed by atoms with E-state index in [1.54, 1.807) is 14.2 Å². The van der Waals surface area contributed by atoms with Crippen molar-refractivity contribution in [3.8, 4) is 0 Å². The lowest BCUT2D eigenvalue weighted by Gasteiger charge is -2.43. The van der Waals surface area contributed by atoms with E-state index < -0.39 is 59.4 Å². The molecule has 2 aliphatic carbocycles. The average molecular weight is 912 g/mol. The zero-order chi connectivity index (χ0) is 48.2. The van der Waals surface area contributed by atoms with E-state index in [0.29, 0.717) is 57.8 Å². The van der Waals surface area contributed by atoms with Gasteiger partial charge in [0.25, 0.3) is 11.7 Å². The molecule has 0 spiro atoms. The van der Waals surface area contributed by atoms with Crippen molar-refractivity contribution < 1.29 is 53.5 Å². The highest BCUT2D eigenvalue weighted by Crippen LogP contribution is 2.42. The molecule has 2 heterocycles. The number of rotatable bonds is 6. The molecule has 368 valence electrons. The van der Waals surface area contributed by atoms with Gasteiger partial charge in [0.2, 0.25) is 0 Å². The van der Waals surface area contributed by atoms with Crippen LogP contribution >= 0.6 is 0 Å². The molecule has 1 saturated heterocycles. The fourth-order valence-electron chi connectivity index (χ4n) is 11.5. The largest absolute Gasteiger partial charge is 0.390 e. The van der Waals surface area contributed by atoms with Gasteiger partial charge in [-0.25, -0.2) is 0 Å². The van der Waals surface area contributed by atoms with Gasteiger partial charge >= 0.3 is 0 Å². The molecule has 3 N–H and O–H groups in total. The predicted octanol–water partition coefficient (Wildman–Crippen LogP) is 7.59. The van der Waals surface area contributed by atoms with Gasteiger partial charge in [-0.3, -0.25) is 24.0 Å². The lowest BCUT2D eigenvalue weighted by atomic mass is 9.67. The van der Waals surface area contributed by atoms with Crippen LogP contribution in [0, 0.1) is 53.3 Å². The molecule has 12 nitrogen and oxygen atoms in total. The maximum Gasteiger partial charge on any atom is 0.293 e. The second-order valence-electron chi connectivity index (χ2n) is 21.1. The van der Waals surface area contributed by atoms with Gasteiger partial charge in [0.05, 0.1) is 30.5 Å². The summed E-state index contributed by atoms with van der Waals surface area (Å²) < 4.78 is 17.2. The van der Waals surface area contributed by atoms with Crippen molar-refractivity contribution in [3.05, 3.63) is 36.0 Å². The SMILES string of the molecule is COC1C[C@H]2CC[C@@H](C)[C@@](O)(C2)C(=O)C(=O)N2CCCC[C@H]2C(=O)C[C@@H]([C@@H](C)CC2CC[C@@H](O)C(OC)C2)CC(=O)[C@@H](C)C[C@H](C)[C@@H](O)C(OC)C(=O)[C@H](C)C[C@@H](C)/C=C/C=C/C=C/1C. The van der Waals surface area contributed by atoms with Crippen LogP contribution in [0.2, 0.25) is 0 Å². The third-order valence-corrected chi connectivity index (χ3v) is 16.0. The molecule has 2 aliphatic heterocycles. The van der Waals surface area contributed by atoms with E-state index in [1.807, 2.05) is 71.9 Å². The van der Waals surface area contributed by atoms with E-state index in [2.05, 4.69) is 6.92 Å². The number of ketones is 4. The lowest BCUT2D eigenvalue weighted by molar-refractivity contribution is -0.165. The number of carbonyl (C=O) groups is 5. The molecular formula is C53H85NO11. The monoisotopic (exact) mass is 912 g/mol. The molecule has 12 heteroatoms. The van der Waals surface area contributed by atoms with E-state index in [9.17, 15) is 39.3 Å². The number of allylic oxidation sites excluding steroid dienone is 5. The van der Waals surface area contributed by atoms with Crippen LogP contribution in [-0.2, 0) is 38.2 Å². The highest BCUT2D eigenvalue weighted by Gasteiger charge is 2.51. The molecule has 4 unspecified atom stereocenters. The maximum absolute atomic E-state index is 14.6. The Morgan fingerprint density at radius 3 is 2.17 bits per heavy atom.